The van der Waals surface area contributed by atoms with Gasteiger partial charge in [-0.3, -0.25) is 4.90 Å². The molecule has 0 radical (unpaired) electrons. The van der Waals surface area contributed by atoms with Gasteiger partial charge in [0.1, 0.15) is 0 Å². The zero-order chi connectivity index (χ0) is 12.7. The Morgan fingerprint density at radius 1 is 1.06 bits per heavy atom. The molecule has 2 atom stereocenters. The summed E-state index contributed by atoms with van der Waals surface area (Å²) in [4.78, 5) is 2.68. The molecule has 0 aromatic heterocycles. The van der Waals surface area contributed by atoms with Crippen LogP contribution in [0.2, 0.25) is 0 Å². The largest absolute Gasteiger partial charge is 0.315 e. The second-order valence-corrected chi connectivity index (χ2v) is 6.11. The highest BCUT2D eigenvalue weighted by Gasteiger charge is 2.24. The van der Waals surface area contributed by atoms with Gasteiger partial charge >= 0.3 is 0 Å². The highest BCUT2D eigenvalue weighted by atomic mass is 15.2. The Balaban J connectivity index is 2.24. The molecule has 2 nitrogen and oxygen atoms in total. The molecule has 0 bridgehead atoms. The van der Waals surface area contributed by atoms with Crippen LogP contribution in [0.4, 0.5) is 0 Å². The fourth-order valence-electron chi connectivity index (χ4n) is 2.93. The summed E-state index contributed by atoms with van der Waals surface area (Å²) in [5.41, 5.74) is 0. The van der Waals surface area contributed by atoms with Gasteiger partial charge < -0.3 is 5.32 Å². The van der Waals surface area contributed by atoms with Crippen molar-refractivity contribution in [2.75, 3.05) is 26.2 Å². The lowest BCUT2D eigenvalue weighted by Crippen LogP contribution is -2.44. The Bertz CT molecular complexity index is 185. The van der Waals surface area contributed by atoms with Crippen LogP contribution in [0, 0.1) is 11.8 Å². The van der Waals surface area contributed by atoms with Crippen LogP contribution in [0.25, 0.3) is 0 Å². The first-order valence-corrected chi connectivity index (χ1v) is 7.59. The van der Waals surface area contributed by atoms with Gasteiger partial charge in [-0.15, -0.1) is 0 Å². The number of nitrogens with one attached hydrogen (secondary N) is 1. The van der Waals surface area contributed by atoms with E-state index in [-0.39, 0.29) is 0 Å². The molecule has 1 saturated heterocycles. The van der Waals surface area contributed by atoms with Gasteiger partial charge in [0.25, 0.3) is 0 Å². The molecule has 17 heavy (non-hydrogen) atoms. The third-order valence-corrected chi connectivity index (χ3v) is 4.01. The molecular weight excluding hydrogens is 208 g/mol. The first kappa shape index (κ1) is 15.0. The number of hydrogen-bond acceptors (Lipinski definition) is 2. The topological polar surface area (TPSA) is 15.3 Å². The van der Waals surface area contributed by atoms with Crippen molar-refractivity contribution in [2.24, 2.45) is 11.8 Å². The van der Waals surface area contributed by atoms with Crippen molar-refractivity contribution < 1.29 is 0 Å². The summed E-state index contributed by atoms with van der Waals surface area (Å²) in [6, 6.07) is 0.742. The first-order valence-electron chi connectivity index (χ1n) is 7.59. The smallest absolute Gasteiger partial charge is 0.0243 e. The normalized spacial score (nSPS) is 21.0. The molecule has 1 fully saturated rings. The van der Waals surface area contributed by atoms with Crippen molar-refractivity contribution in [2.45, 2.75) is 59.4 Å². The van der Waals surface area contributed by atoms with Gasteiger partial charge in [0.2, 0.25) is 0 Å². The van der Waals surface area contributed by atoms with E-state index >= 15 is 0 Å². The molecule has 1 aliphatic rings. The Labute approximate surface area is 108 Å². The van der Waals surface area contributed by atoms with E-state index in [1.807, 2.05) is 0 Å². The number of rotatable bonds is 8. The molecule has 1 N–H and O–H groups in total. The van der Waals surface area contributed by atoms with Gasteiger partial charge in [-0.2, -0.15) is 0 Å². The molecule has 0 aromatic rings. The van der Waals surface area contributed by atoms with Crippen LogP contribution in [0.15, 0.2) is 0 Å². The summed E-state index contributed by atoms with van der Waals surface area (Å²) >= 11 is 0. The Kier molecular flexibility index (Phi) is 7.14. The van der Waals surface area contributed by atoms with E-state index < -0.39 is 0 Å². The minimum atomic E-state index is 0.742. The molecule has 1 aliphatic heterocycles. The maximum absolute atomic E-state index is 3.69. The number of nitrogens with zero attached hydrogens (tertiary/aromatic N) is 1. The predicted octanol–water partition coefficient (Wildman–Crippen LogP) is 3.13. The summed E-state index contributed by atoms with van der Waals surface area (Å²) in [5, 5.41) is 3.69. The molecule has 0 amide bonds. The van der Waals surface area contributed by atoms with E-state index in [2.05, 4.69) is 37.9 Å². The van der Waals surface area contributed by atoms with Crippen LogP contribution in [0.1, 0.15) is 53.4 Å². The molecule has 2 heteroatoms. The van der Waals surface area contributed by atoms with Crippen LogP contribution < -0.4 is 5.32 Å². The lowest BCUT2D eigenvalue weighted by atomic mass is 10.0. The SMILES string of the molecule is CCCC(C)CNCC(C(C)C)N1CCCC1. The second-order valence-electron chi connectivity index (χ2n) is 6.11. The molecule has 1 rings (SSSR count). The summed E-state index contributed by atoms with van der Waals surface area (Å²) < 4.78 is 0. The van der Waals surface area contributed by atoms with Gasteiger partial charge in [-0.1, -0.05) is 34.1 Å². The van der Waals surface area contributed by atoms with Crippen molar-refractivity contribution >= 4 is 0 Å². The lowest BCUT2D eigenvalue weighted by Gasteiger charge is -2.31. The molecule has 2 unspecified atom stereocenters. The molecule has 0 aliphatic carbocycles. The van der Waals surface area contributed by atoms with Gasteiger partial charge in [0.15, 0.2) is 0 Å². The fourth-order valence-corrected chi connectivity index (χ4v) is 2.93. The number of hydrogen-bond donors (Lipinski definition) is 1. The summed E-state index contributed by atoms with van der Waals surface area (Å²) in [6.45, 7) is 14.3. The van der Waals surface area contributed by atoms with Gasteiger partial charge in [0, 0.05) is 12.6 Å². The molecular formula is C15H32N2. The van der Waals surface area contributed by atoms with Crippen LogP contribution >= 0.6 is 0 Å². The van der Waals surface area contributed by atoms with Crippen molar-refractivity contribution in [3.05, 3.63) is 0 Å². The zero-order valence-corrected chi connectivity index (χ0v) is 12.3. The van der Waals surface area contributed by atoms with E-state index in [1.54, 1.807) is 0 Å². The standard InChI is InChI=1S/C15H32N2/c1-5-8-14(4)11-16-12-15(13(2)3)17-9-6-7-10-17/h13-16H,5-12H2,1-4H3. The third kappa shape index (κ3) is 5.39. The van der Waals surface area contributed by atoms with Crippen molar-refractivity contribution in [3.63, 3.8) is 0 Å². The van der Waals surface area contributed by atoms with Gasteiger partial charge in [0.05, 0.1) is 0 Å². The predicted molar refractivity (Wildman–Crippen MR) is 76.4 cm³/mol. The van der Waals surface area contributed by atoms with Crippen molar-refractivity contribution in [1.29, 1.82) is 0 Å². The molecule has 0 aromatic carbocycles. The van der Waals surface area contributed by atoms with Crippen molar-refractivity contribution in [1.82, 2.24) is 10.2 Å². The maximum Gasteiger partial charge on any atom is 0.0243 e. The minimum Gasteiger partial charge on any atom is -0.315 e. The average molecular weight is 240 g/mol. The van der Waals surface area contributed by atoms with Crippen molar-refractivity contribution in [3.8, 4) is 0 Å². The Morgan fingerprint density at radius 3 is 2.24 bits per heavy atom. The van der Waals surface area contributed by atoms with Crippen LogP contribution in [0.3, 0.4) is 0 Å². The summed E-state index contributed by atoms with van der Waals surface area (Å²) in [5.74, 6) is 1.59. The second kappa shape index (κ2) is 8.10. The highest BCUT2D eigenvalue weighted by molar-refractivity contribution is 4.80. The number of likely N-dealkylation sites (tertiary alicyclic amines) is 1. The van der Waals surface area contributed by atoms with E-state index in [1.165, 1.54) is 51.9 Å². The van der Waals surface area contributed by atoms with E-state index in [4.69, 9.17) is 0 Å². The van der Waals surface area contributed by atoms with Gasteiger partial charge in [-0.05, 0) is 50.7 Å². The van der Waals surface area contributed by atoms with Crippen LogP contribution in [-0.4, -0.2) is 37.1 Å². The average Bonchev–Trinajstić information content (AvgIpc) is 2.77. The maximum atomic E-state index is 3.69. The van der Waals surface area contributed by atoms with E-state index in [0.717, 1.165) is 17.9 Å². The highest BCUT2D eigenvalue weighted by Crippen LogP contribution is 2.17. The fraction of sp³-hybridized carbons (Fsp3) is 1.00. The molecule has 1 heterocycles. The van der Waals surface area contributed by atoms with Crippen LogP contribution in [0.5, 0.6) is 0 Å². The minimum absolute atomic E-state index is 0.742. The zero-order valence-electron chi connectivity index (χ0n) is 12.3. The lowest BCUT2D eigenvalue weighted by molar-refractivity contribution is 0.184. The third-order valence-electron chi connectivity index (χ3n) is 4.01. The monoisotopic (exact) mass is 240 g/mol. The summed E-state index contributed by atoms with van der Waals surface area (Å²) in [6.07, 6.45) is 5.45. The molecule has 0 saturated carbocycles. The van der Waals surface area contributed by atoms with E-state index in [0.29, 0.717) is 0 Å². The Morgan fingerprint density at radius 2 is 1.71 bits per heavy atom. The van der Waals surface area contributed by atoms with Gasteiger partial charge in [-0.25, -0.2) is 0 Å². The van der Waals surface area contributed by atoms with E-state index in [9.17, 15) is 0 Å². The van der Waals surface area contributed by atoms with Crippen LogP contribution in [-0.2, 0) is 0 Å². The molecule has 0 spiro atoms. The Hall–Kier alpha value is -0.0800. The quantitative estimate of drug-likeness (QED) is 0.701. The first-order chi connectivity index (χ1) is 8.15. The summed E-state index contributed by atoms with van der Waals surface area (Å²) in [7, 11) is 0. The molecule has 102 valence electrons.